The van der Waals surface area contributed by atoms with Gasteiger partial charge in [0.15, 0.2) is 0 Å². The topological polar surface area (TPSA) is 46.2 Å². The molecule has 0 atom stereocenters. The van der Waals surface area contributed by atoms with E-state index in [0.29, 0.717) is 17.6 Å². The quantitative estimate of drug-likeness (QED) is 0.659. The molecule has 0 aromatic rings. The molecule has 0 radical (unpaired) electrons. The molecule has 3 heteroatoms. The highest BCUT2D eigenvalue weighted by Crippen LogP contribution is 2.13. The molecule has 1 rings (SSSR count). The molecule has 3 nitrogen and oxygen atoms in total. The zero-order valence-corrected chi connectivity index (χ0v) is 10.0. The molecule has 0 aromatic carbocycles. The molecule has 2 amide bonds. The van der Waals surface area contributed by atoms with Gasteiger partial charge in [0.25, 0.3) is 11.8 Å². The van der Waals surface area contributed by atoms with Crippen molar-refractivity contribution in [3.05, 3.63) is 11.1 Å². The summed E-state index contributed by atoms with van der Waals surface area (Å²) >= 11 is 0. The molecule has 0 saturated heterocycles. The second-order valence-corrected chi connectivity index (χ2v) is 2.24. The summed E-state index contributed by atoms with van der Waals surface area (Å²) in [6.07, 6.45) is 0.628. The van der Waals surface area contributed by atoms with Crippen molar-refractivity contribution in [3.8, 4) is 0 Å². The number of hydrogen-bond donors (Lipinski definition) is 1. The van der Waals surface area contributed by atoms with Gasteiger partial charge in [0.1, 0.15) is 0 Å². The van der Waals surface area contributed by atoms with Gasteiger partial charge in [-0.05, 0) is 13.3 Å². The normalized spacial score (nSPS) is 13.9. The van der Waals surface area contributed by atoms with Gasteiger partial charge in [-0.3, -0.25) is 14.9 Å². The summed E-state index contributed by atoms with van der Waals surface area (Å²) in [5, 5.41) is 2.22. The van der Waals surface area contributed by atoms with Crippen LogP contribution >= 0.6 is 0 Å². The van der Waals surface area contributed by atoms with Crippen LogP contribution in [0.5, 0.6) is 0 Å². The minimum absolute atomic E-state index is 0.231. The summed E-state index contributed by atoms with van der Waals surface area (Å²) in [5.74, 6) is -0.480. The number of amides is 2. The maximum Gasteiger partial charge on any atom is 0.254 e. The highest BCUT2D eigenvalue weighted by molar-refractivity contribution is 6.19. The van der Waals surface area contributed by atoms with Crippen LogP contribution in [0.3, 0.4) is 0 Å². The summed E-state index contributed by atoms with van der Waals surface area (Å²) in [6, 6.07) is 0. The van der Waals surface area contributed by atoms with Crippen LogP contribution in [0.4, 0.5) is 0 Å². The van der Waals surface area contributed by atoms with Gasteiger partial charge in [0.05, 0.1) is 0 Å². The van der Waals surface area contributed by atoms with Crippen LogP contribution < -0.4 is 5.32 Å². The first-order chi connectivity index (χ1) is 6.66. The third-order valence-corrected chi connectivity index (χ3v) is 1.65. The maximum absolute atomic E-state index is 10.8. The lowest BCUT2D eigenvalue weighted by atomic mass is 10.1. The molecule has 1 heterocycles. The van der Waals surface area contributed by atoms with Gasteiger partial charge in [0, 0.05) is 11.1 Å². The summed E-state index contributed by atoms with van der Waals surface area (Å²) in [4.78, 5) is 21.6. The highest BCUT2D eigenvalue weighted by atomic mass is 16.2. The molecule has 0 aliphatic carbocycles. The Kier molecular flexibility index (Phi) is 9.30. The average molecular weight is 199 g/mol. The molecule has 0 aromatic heterocycles. The Morgan fingerprint density at radius 1 is 1.00 bits per heavy atom. The number of carbonyl (C=O) groups is 2. The van der Waals surface area contributed by atoms with Crippen LogP contribution in [-0.4, -0.2) is 11.8 Å². The maximum atomic E-state index is 10.8. The van der Waals surface area contributed by atoms with Gasteiger partial charge in [-0.15, -0.1) is 0 Å². The summed E-state index contributed by atoms with van der Waals surface area (Å²) in [5.41, 5.74) is 1.18. The fourth-order valence-corrected chi connectivity index (χ4v) is 1.01. The predicted molar refractivity (Wildman–Crippen MR) is 58.8 cm³/mol. The first-order valence-corrected chi connectivity index (χ1v) is 5.22. The van der Waals surface area contributed by atoms with Crippen LogP contribution in [0.15, 0.2) is 11.1 Å². The Bertz CT molecular complexity index is 229. The van der Waals surface area contributed by atoms with Gasteiger partial charge >= 0.3 is 0 Å². The Morgan fingerprint density at radius 2 is 1.43 bits per heavy atom. The van der Waals surface area contributed by atoms with Crippen LogP contribution in [0.1, 0.15) is 48.0 Å². The fourth-order valence-electron chi connectivity index (χ4n) is 1.01. The van der Waals surface area contributed by atoms with Crippen molar-refractivity contribution < 1.29 is 9.59 Å². The lowest BCUT2D eigenvalue weighted by molar-refractivity contribution is -0.124. The Morgan fingerprint density at radius 3 is 1.57 bits per heavy atom. The van der Waals surface area contributed by atoms with Crippen molar-refractivity contribution in [2.24, 2.45) is 0 Å². The molecular formula is C11H21NO2. The molecule has 0 spiro atoms. The Hall–Kier alpha value is -1.12. The zero-order chi connectivity index (χ0) is 11.7. The number of carbonyl (C=O) groups excluding carboxylic acids is 2. The molecule has 1 aliphatic heterocycles. The summed E-state index contributed by atoms with van der Waals surface area (Å²) in [7, 11) is 0. The molecule has 1 aliphatic rings. The van der Waals surface area contributed by atoms with Gasteiger partial charge < -0.3 is 0 Å². The van der Waals surface area contributed by atoms with E-state index in [1.807, 2.05) is 34.6 Å². The van der Waals surface area contributed by atoms with Crippen molar-refractivity contribution in [1.82, 2.24) is 5.32 Å². The monoisotopic (exact) mass is 199 g/mol. The number of imide groups is 1. The standard InChI is InChI=1S/C7H9NO2.2C2H6/c1-3-5-4(2)6(9)8-7(5)10;2*1-2/h3H2,1-2H3,(H,8,9,10);2*1-2H3. The molecule has 0 bridgehead atoms. The van der Waals surface area contributed by atoms with E-state index < -0.39 is 0 Å². The largest absolute Gasteiger partial charge is 0.289 e. The van der Waals surface area contributed by atoms with E-state index in [1.54, 1.807) is 6.92 Å². The van der Waals surface area contributed by atoms with E-state index in [9.17, 15) is 9.59 Å². The van der Waals surface area contributed by atoms with Gasteiger partial charge in [-0.25, -0.2) is 0 Å². The Balaban J connectivity index is 0. The third-order valence-electron chi connectivity index (χ3n) is 1.65. The second kappa shape index (κ2) is 8.48. The third kappa shape index (κ3) is 3.73. The molecule has 1 N–H and O–H groups in total. The van der Waals surface area contributed by atoms with E-state index in [-0.39, 0.29) is 11.8 Å². The van der Waals surface area contributed by atoms with E-state index in [1.165, 1.54) is 0 Å². The lowest BCUT2D eigenvalue weighted by Gasteiger charge is -1.90. The molecular weight excluding hydrogens is 178 g/mol. The van der Waals surface area contributed by atoms with Crippen molar-refractivity contribution in [2.45, 2.75) is 48.0 Å². The number of rotatable bonds is 1. The number of hydrogen-bond acceptors (Lipinski definition) is 2. The van der Waals surface area contributed by atoms with Crippen molar-refractivity contribution >= 4 is 11.8 Å². The molecule has 14 heavy (non-hydrogen) atoms. The first-order valence-electron chi connectivity index (χ1n) is 5.22. The molecule has 82 valence electrons. The van der Waals surface area contributed by atoms with Gasteiger partial charge in [-0.1, -0.05) is 34.6 Å². The average Bonchev–Trinajstić information content (AvgIpc) is 2.47. The zero-order valence-electron chi connectivity index (χ0n) is 10.0. The van der Waals surface area contributed by atoms with E-state index in [0.717, 1.165) is 0 Å². The van der Waals surface area contributed by atoms with Crippen LogP contribution in [0, 0.1) is 0 Å². The first kappa shape index (κ1) is 15.4. The SMILES string of the molecule is CC.CC.CCC1=C(C)C(=O)NC1=O. The minimum atomic E-state index is -0.248. The minimum Gasteiger partial charge on any atom is -0.289 e. The van der Waals surface area contributed by atoms with Crippen LogP contribution in [0.2, 0.25) is 0 Å². The van der Waals surface area contributed by atoms with Crippen LogP contribution in [-0.2, 0) is 9.59 Å². The van der Waals surface area contributed by atoms with E-state index >= 15 is 0 Å². The second-order valence-electron chi connectivity index (χ2n) is 2.24. The molecule has 0 fully saturated rings. The highest BCUT2D eigenvalue weighted by Gasteiger charge is 2.24. The van der Waals surface area contributed by atoms with E-state index in [4.69, 9.17) is 0 Å². The van der Waals surface area contributed by atoms with Gasteiger partial charge in [0.2, 0.25) is 0 Å². The predicted octanol–water partition coefficient (Wildman–Crippen LogP) is 2.42. The smallest absolute Gasteiger partial charge is 0.254 e. The Labute approximate surface area is 86.6 Å². The van der Waals surface area contributed by atoms with E-state index in [2.05, 4.69) is 5.32 Å². The number of nitrogens with one attached hydrogen (secondary N) is 1. The van der Waals surface area contributed by atoms with Crippen LogP contribution in [0.25, 0.3) is 0 Å². The fraction of sp³-hybridized carbons (Fsp3) is 0.636. The van der Waals surface area contributed by atoms with Crippen molar-refractivity contribution in [2.75, 3.05) is 0 Å². The van der Waals surface area contributed by atoms with Crippen molar-refractivity contribution in [1.29, 1.82) is 0 Å². The molecule has 0 saturated carbocycles. The lowest BCUT2D eigenvalue weighted by Crippen LogP contribution is -2.22. The van der Waals surface area contributed by atoms with Crippen molar-refractivity contribution in [3.63, 3.8) is 0 Å². The molecule has 0 unspecified atom stereocenters. The van der Waals surface area contributed by atoms with Gasteiger partial charge in [-0.2, -0.15) is 0 Å². The summed E-state index contributed by atoms with van der Waals surface area (Å²) < 4.78 is 0. The summed E-state index contributed by atoms with van der Waals surface area (Å²) in [6.45, 7) is 11.5.